The lowest BCUT2D eigenvalue weighted by Crippen LogP contribution is -2.55. The minimum Gasteiger partial charge on any atom is -0.455 e. The van der Waals surface area contributed by atoms with E-state index in [0.717, 1.165) is 37.2 Å². The maximum atomic E-state index is 14.9. The van der Waals surface area contributed by atoms with Crippen LogP contribution in [0.15, 0.2) is 78.9 Å². The predicted octanol–water partition coefficient (Wildman–Crippen LogP) is 4.32. The van der Waals surface area contributed by atoms with Gasteiger partial charge in [-0.05, 0) is 62.9 Å². The van der Waals surface area contributed by atoms with Crippen LogP contribution in [0.1, 0.15) is 64.0 Å². The molecule has 4 aliphatic rings. The Morgan fingerprint density at radius 1 is 0.922 bits per heavy atom. The summed E-state index contributed by atoms with van der Waals surface area (Å²) in [6, 6.07) is 16.1. The highest BCUT2D eigenvalue weighted by Crippen LogP contribution is 2.53. The van der Waals surface area contributed by atoms with Gasteiger partial charge in [-0.3, -0.25) is 19.2 Å². The Bertz CT molecular complexity index is 1610. The van der Waals surface area contributed by atoms with E-state index in [1.807, 2.05) is 72.8 Å². The van der Waals surface area contributed by atoms with Gasteiger partial charge >= 0.3 is 5.97 Å². The fourth-order valence-corrected chi connectivity index (χ4v) is 8.06. The van der Waals surface area contributed by atoms with Crippen LogP contribution in [0.4, 0.5) is 11.4 Å². The molecule has 0 bridgehead atoms. The smallest absolute Gasteiger partial charge is 0.313 e. The van der Waals surface area contributed by atoms with Gasteiger partial charge in [0.2, 0.25) is 11.8 Å². The molecule has 4 heterocycles. The minimum atomic E-state index is -1.41. The Kier molecular flexibility index (Phi) is 11.6. The number of likely N-dealkylation sites (tertiary alicyclic amines) is 1. The van der Waals surface area contributed by atoms with E-state index >= 15 is 0 Å². The molecule has 2 saturated heterocycles. The van der Waals surface area contributed by atoms with Crippen molar-refractivity contribution in [2.75, 3.05) is 49.1 Å². The van der Waals surface area contributed by atoms with Crippen molar-refractivity contribution in [2.24, 2.45) is 11.8 Å². The average molecular weight is 699 g/mol. The molecule has 11 nitrogen and oxygen atoms in total. The maximum Gasteiger partial charge on any atom is 0.313 e. The van der Waals surface area contributed by atoms with Crippen molar-refractivity contribution >= 4 is 35.1 Å². The molecule has 272 valence electrons. The fraction of sp³-hybridized carbons (Fsp3) is 0.500. The van der Waals surface area contributed by atoms with Gasteiger partial charge in [0.15, 0.2) is 0 Å². The monoisotopic (exact) mass is 698 g/mol. The number of allylic oxidation sites excluding steroid dienone is 1. The third-order valence-corrected chi connectivity index (χ3v) is 10.6. The van der Waals surface area contributed by atoms with Crippen LogP contribution in [-0.4, -0.2) is 90.8 Å². The van der Waals surface area contributed by atoms with Gasteiger partial charge in [-0.25, -0.2) is 0 Å². The number of hydrogen-bond acceptors (Lipinski definition) is 8. The van der Waals surface area contributed by atoms with Crippen molar-refractivity contribution in [3.8, 4) is 0 Å². The average Bonchev–Trinajstić information content (AvgIpc) is 3.52. The van der Waals surface area contributed by atoms with Crippen LogP contribution in [-0.2, 0) is 28.7 Å². The Balaban J connectivity index is 1.38. The molecule has 0 unspecified atom stereocenters. The quantitative estimate of drug-likeness (QED) is 0.202. The number of carbonyl (C=O) groups is 4. The number of cyclic esters (lactones) is 1. The third-order valence-electron chi connectivity index (χ3n) is 10.6. The van der Waals surface area contributed by atoms with Crippen molar-refractivity contribution in [3.63, 3.8) is 0 Å². The molecular formula is C40H50N4O7. The van der Waals surface area contributed by atoms with Crippen molar-refractivity contribution in [2.45, 2.75) is 76.2 Å². The highest BCUT2D eigenvalue weighted by atomic mass is 16.6. The molecular weight excluding hydrogens is 648 g/mol. The number of nitrogens with one attached hydrogen (secondary N) is 1. The number of fused-ring (bicyclic) bond motifs is 2. The number of amides is 3. The van der Waals surface area contributed by atoms with Crippen LogP contribution in [0.25, 0.3) is 0 Å². The third kappa shape index (κ3) is 7.32. The summed E-state index contributed by atoms with van der Waals surface area (Å²) in [4.78, 5) is 62.2. The van der Waals surface area contributed by atoms with Gasteiger partial charge in [-0.15, -0.1) is 0 Å². The Hall–Kier alpha value is -4.48. The molecule has 6 atom stereocenters. The largest absolute Gasteiger partial charge is 0.455 e. The van der Waals surface area contributed by atoms with Crippen molar-refractivity contribution < 1.29 is 33.8 Å². The number of aliphatic hydroxyl groups is 1. The highest BCUT2D eigenvalue weighted by molar-refractivity contribution is 6.05. The standard InChI is InChI=1S/C40H50N4O7/c1-3-42(4-2)29-19-21-30(22-20-29)43-25-14-23-40-35(37(47)44(36(40)38(43)48)24-12-5-6-13-26-45)34-31(51-40)17-10-11-18-33(46)41-27-32(50-39(34)49)28-15-8-7-9-16-28/h7-10,14-17,19-23,31-32,34-36,45H,3-6,11-13,18,24-27H2,1-2H3,(H,41,46)/b17-10-/t31-,32+,34+,35+,36-,40+/m1/s1. The van der Waals surface area contributed by atoms with Gasteiger partial charge in [0.1, 0.15) is 23.7 Å². The molecule has 3 amide bonds. The number of aliphatic hydroxyl groups excluding tert-OH is 1. The number of nitrogens with zero attached hydrogens (tertiary/aromatic N) is 3. The molecule has 1 spiro atoms. The molecule has 51 heavy (non-hydrogen) atoms. The van der Waals surface area contributed by atoms with E-state index in [1.54, 1.807) is 15.9 Å². The number of benzene rings is 2. The summed E-state index contributed by atoms with van der Waals surface area (Å²) in [5, 5.41) is 12.2. The second-order valence-corrected chi connectivity index (χ2v) is 13.7. The molecule has 2 N–H and O–H groups in total. The molecule has 0 aliphatic carbocycles. The van der Waals surface area contributed by atoms with E-state index in [9.17, 15) is 24.3 Å². The maximum absolute atomic E-state index is 14.9. The summed E-state index contributed by atoms with van der Waals surface area (Å²) in [5.74, 6) is -3.37. The molecule has 0 aromatic heterocycles. The SMILES string of the molecule is CCN(CC)c1ccc(N2CC=C[C@]34O[C@@H]5/C=C\CCC(=O)NC[C@@H](c6ccccc6)OC(=O)[C@@H]5[C@H]3C(=O)N(CCCCCCO)[C@@H]4C2=O)cc1. The molecule has 0 saturated carbocycles. The van der Waals surface area contributed by atoms with E-state index in [1.165, 1.54) is 0 Å². The number of anilines is 2. The van der Waals surface area contributed by atoms with Gasteiger partial charge in [0.05, 0.1) is 18.6 Å². The lowest BCUT2D eigenvalue weighted by molar-refractivity contribution is -0.159. The van der Waals surface area contributed by atoms with Crippen LogP contribution in [0, 0.1) is 11.8 Å². The highest BCUT2D eigenvalue weighted by Gasteiger charge is 2.71. The summed E-state index contributed by atoms with van der Waals surface area (Å²) in [7, 11) is 0. The van der Waals surface area contributed by atoms with Crippen LogP contribution in [0.2, 0.25) is 0 Å². The molecule has 0 radical (unpaired) electrons. The number of hydrogen-bond donors (Lipinski definition) is 2. The Morgan fingerprint density at radius 3 is 2.39 bits per heavy atom. The van der Waals surface area contributed by atoms with Gasteiger partial charge < -0.3 is 34.6 Å². The minimum absolute atomic E-state index is 0.0866. The molecule has 4 aliphatic heterocycles. The van der Waals surface area contributed by atoms with Crippen LogP contribution in [0.3, 0.4) is 0 Å². The first-order valence-electron chi connectivity index (χ1n) is 18.4. The number of rotatable bonds is 11. The zero-order valence-electron chi connectivity index (χ0n) is 29.6. The molecule has 6 rings (SSSR count). The van der Waals surface area contributed by atoms with Gasteiger partial charge in [-0.2, -0.15) is 0 Å². The zero-order chi connectivity index (χ0) is 36.0. The Morgan fingerprint density at radius 2 is 1.67 bits per heavy atom. The van der Waals surface area contributed by atoms with Crippen molar-refractivity contribution in [1.29, 1.82) is 0 Å². The number of carbonyl (C=O) groups excluding carboxylic acids is 4. The summed E-state index contributed by atoms with van der Waals surface area (Å²) < 4.78 is 13.0. The molecule has 11 heteroatoms. The summed E-state index contributed by atoms with van der Waals surface area (Å²) >= 11 is 0. The van der Waals surface area contributed by atoms with Crippen LogP contribution in [0.5, 0.6) is 0 Å². The topological polar surface area (TPSA) is 129 Å². The van der Waals surface area contributed by atoms with E-state index in [2.05, 4.69) is 24.1 Å². The predicted molar refractivity (Wildman–Crippen MR) is 194 cm³/mol. The van der Waals surface area contributed by atoms with Gasteiger partial charge in [0.25, 0.3) is 5.91 Å². The fourth-order valence-electron chi connectivity index (χ4n) is 8.06. The summed E-state index contributed by atoms with van der Waals surface area (Å²) in [6.07, 6.45) is 9.17. The summed E-state index contributed by atoms with van der Waals surface area (Å²) in [5.41, 5.74) is 1.08. The van der Waals surface area contributed by atoms with E-state index in [-0.39, 0.29) is 43.8 Å². The lowest BCUT2D eigenvalue weighted by atomic mass is 9.78. The number of esters is 1. The van der Waals surface area contributed by atoms with Crippen molar-refractivity contribution in [3.05, 3.63) is 84.5 Å². The van der Waals surface area contributed by atoms with E-state index in [0.29, 0.717) is 31.5 Å². The first kappa shape index (κ1) is 36.3. The van der Waals surface area contributed by atoms with E-state index < -0.39 is 41.7 Å². The van der Waals surface area contributed by atoms with Gasteiger partial charge in [-0.1, -0.05) is 67.5 Å². The number of ether oxygens (including phenoxy) is 2. The molecule has 2 aromatic carbocycles. The normalized spacial score (nSPS) is 28.5. The second kappa shape index (κ2) is 16.2. The molecule has 2 fully saturated rings. The first-order chi connectivity index (χ1) is 24.8. The van der Waals surface area contributed by atoms with Crippen molar-refractivity contribution in [1.82, 2.24) is 10.2 Å². The zero-order valence-corrected chi connectivity index (χ0v) is 29.6. The summed E-state index contributed by atoms with van der Waals surface area (Å²) in [6.45, 7) is 6.69. The molecule has 2 aromatic rings. The van der Waals surface area contributed by atoms with Crippen LogP contribution >= 0.6 is 0 Å². The lowest BCUT2D eigenvalue weighted by Gasteiger charge is -2.35. The van der Waals surface area contributed by atoms with E-state index in [4.69, 9.17) is 9.47 Å². The second-order valence-electron chi connectivity index (χ2n) is 13.7. The first-order valence-corrected chi connectivity index (χ1v) is 18.4. The Labute approximate surface area is 300 Å². The van der Waals surface area contributed by atoms with Gasteiger partial charge in [0, 0.05) is 50.6 Å². The number of unbranched alkanes of at least 4 members (excludes halogenated alkanes) is 3. The van der Waals surface area contributed by atoms with Crippen LogP contribution < -0.4 is 15.1 Å².